The fourth-order valence-corrected chi connectivity index (χ4v) is 2.02. The van der Waals surface area contributed by atoms with Gasteiger partial charge in [0.25, 0.3) is 0 Å². The van der Waals surface area contributed by atoms with Gasteiger partial charge in [-0.15, -0.1) is 0 Å². The maximum absolute atomic E-state index is 12.1. The van der Waals surface area contributed by atoms with Crippen LogP contribution < -0.4 is 0 Å². The van der Waals surface area contributed by atoms with Crippen LogP contribution in [-0.2, 0) is 14.3 Å². The van der Waals surface area contributed by atoms with Crippen LogP contribution in [0.1, 0.15) is 12.8 Å². The highest BCUT2D eigenvalue weighted by Gasteiger charge is 2.24. The van der Waals surface area contributed by atoms with Crippen LogP contribution in [0.4, 0.5) is 4.79 Å². The number of likely N-dealkylation sites (N-methyl/N-ethyl adjacent to an activating group) is 1. The van der Waals surface area contributed by atoms with E-state index in [1.807, 2.05) is 0 Å². The Morgan fingerprint density at radius 3 is 2.74 bits per heavy atom. The first-order chi connectivity index (χ1) is 9.04. The summed E-state index contributed by atoms with van der Waals surface area (Å²) in [5.74, 6) is -1.03. The number of carboxylic acids is 1. The average Bonchev–Trinajstić information content (AvgIpc) is 2.85. The number of aliphatic carboxylic acids is 1. The van der Waals surface area contributed by atoms with Crippen LogP contribution in [0.5, 0.6) is 0 Å². The summed E-state index contributed by atoms with van der Waals surface area (Å²) in [5.41, 5.74) is 0. The number of hydrogen-bond donors (Lipinski definition) is 1. The van der Waals surface area contributed by atoms with Crippen molar-refractivity contribution in [2.45, 2.75) is 18.9 Å². The third-order valence-electron chi connectivity index (χ3n) is 2.99. The van der Waals surface area contributed by atoms with Crippen molar-refractivity contribution < 1.29 is 24.2 Å². The molecule has 1 unspecified atom stereocenters. The molecule has 19 heavy (non-hydrogen) atoms. The molecule has 0 radical (unpaired) electrons. The van der Waals surface area contributed by atoms with Crippen molar-refractivity contribution in [2.75, 3.05) is 47.0 Å². The van der Waals surface area contributed by atoms with Crippen LogP contribution >= 0.6 is 0 Å². The van der Waals surface area contributed by atoms with E-state index in [-0.39, 0.29) is 25.2 Å². The lowest BCUT2D eigenvalue weighted by Gasteiger charge is -2.28. The number of ether oxygens (including phenoxy) is 2. The second-order valence-corrected chi connectivity index (χ2v) is 4.61. The number of rotatable bonds is 7. The Balaban J connectivity index is 2.49. The maximum Gasteiger partial charge on any atom is 0.323 e. The number of hydrogen-bond acceptors (Lipinski definition) is 4. The van der Waals surface area contributed by atoms with E-state index in [0.717, 1.165) is 19.4 Å². The standard InChI is InChI=1S/C12H22N2O5/c1-13(8-10-4-3-6-19-10)12(17)14(5-7-18-2)9-11(15)16/h10H,3-9H2,1-2H3,(H,15,16). The predicted octanol–water partition coefficient (Wildman–Crippen LogP) is 0.250. The summed E-state index contributed by atoms with van der Waals surface area (Å²) in [6, 6.07) is -0.310. The Labute approximate surface area is 113 Å². The molecule has 0 aromatic heterocycles. The molecule has 1 N–H and O–H groups in total. The first-order valence-electron chi connectivity index (χ1n) is 6.37. The molecule has 110 valence electrons. The maximum atomic E-state index is 12.1. The zero-order valence-electron chi connectivity index (χ0n) is 11.5. The molecule has 0 saturated carbocycles. The fraction of sp³-hybridized carbons (Fsp3) is 0.833. The van der Waals surface area contributed by atoms with Crippen molar-refractivity contribution >= 4 is 12.0 Å². The third kappa shape index (κ3) is 5.44. The number of amides is 2. The van der Waals surface area contributed by atoms with Gasteiger partial charge >= 0.3 is 12.0 Å². The number of urea groups is 1. The number of carbonyl (C=O) groups is 2. The minimum atomic E-state index is -1.03. The summed E-state index contributed by atoms with van der Waals surface area (Å²) in [5, 5.41) is 8.82. The smallest absolute Gasteiger partial charge is 0.323 e. The van der Waals surface area contributed by atoms with Crippen LogP contribution in [0.15, 0.2) is 0 Å². The molecule has 1 heterocycles. The van der Waals surface area contributed by atoms with E-state index in [2.05, 4.69) is 0 Å². The molecule has 0 bridgehead atoms. The van der Waals surface area contributed by atoms with Gasteiger partial charge < -0.3 is 24.4 Å². The normalized spacial score (nSPS) is 18.3. The van der Waals surface area contributed by atoms with E-state index in [1.165, 1.54) is 16.9 Å². The quantitative estimate of drug-likeness (QED) is 0.720. The number of nitrogens with zero attached hydrogens (tertiary/aromatic N) is 2. The summed E-state index contributed by atoms with van der Waals surface area (Å²) < 4.78 is 10.3. The van der Waals surface area contributed by atoms with Gasteiger partial charge in [-0.05, 0) is 12.8 Å². The Morgan fingerprint density at radius 2 is 2.21 bits per heavy atom. The molecule has 1 atom stereocenters. The van der Waals surface area contributed by atoms with Crippen molar-refractivity contribution in [1.29, 1.82) is 0 Å². The zero-order valence-corrected chi connectivity index (χ0v) is 11.5. The largest absolute Gasteiger partial charge is 0.480 e. The molecule has 1 saturated heterocycles. The van der Waals surface area contributed by atoms with Gasteiger partial charge in [0.05, 0.1) is 12.7 Å². The number of methoxy groups -OCH3 is 1. The van der Waals surface area contributed by atoms with E-state index < -0.39 is 5.97 Å². The highest BCUT2D eigenvalue weighted by Crippen LogP contribution is 2.13. The SMILES string of the molecule is COCCN(CC(=O)O)C(=O)N(C)CC1CCCO1. The summed E-state index contributed by atoms with van der Waals surface area (Å²) in [4.78, 5) is 25.7. The van der Waals surface area contributed by atoms with E-state index in [0.29, 0.717) is 13.2 Å². The highest BCUT2D eigenvalue weighted by atomic mass is 16.5. The van der Waals surface area contributed by atoms with Gasteiger partial charge in [-0.2, -0.15) is 0 Å². The Hall–Kier alpha value is -1.34. The summed E-state index contributed by atoms with van der Waals surface area (Å²) in [6.07, 6.45) is 2.01. The van der Waals surface area contributed by atoms with Gasteiger partial charge in [0.2, 0.25) is 0 Å². The van der Waals surface area contributed by atoms with Crippen molar-refractivity contribution in [3.05, 3.63) is 0 Å². The molecule has 0 aromatic carbocycles. The second-order valence-electron chi connectivity index (χ2n) is 4.61. The second kappa shape index (κ2) is 7.96. The number of carboxylic acid groups (broad SMARTS) is 1. The van der Waals surface area contributed by atoms with Crippen LogP contribution in [0.3, 0.4) is 0 Å². The molecule has 0 aromatic rings. The minimum Gasteiger partial charge on any atom is -0.480 e. The molecule has 0 aliphatic carbocycles. The molecule has 1 rings (SSSR count). The fourth-order valence-electron chi connectivity index (χ4n) is 2.02. The van der Waals surface area contributed by atoms with Crippen molar-refractivity contribution in [2.24, 2.45) is 0 Å². The third-order valence-corrected chi connectivity index (χ3v) is 2.99. The van der Waals surface area contributed by atoms with Gasteiger partial charge in [0, 0.05) is 33.9 Å². The Kier molecular flexibility index (Phi) is 6.58. The van der Waals surface area contributed by atoms with Crippen LogP contribution in [0.2, 0.25) is 0 Å². The molecular formula is C12H22N2O5. The van der Waals surface area contributed by atoms with Crippen LogP contribution in [0, 0.1) is 0 Å². The molecular weight excluding hydrogens is 252 g/mol. The summed E-state index contributed by atoms with van der Waals surface area (Å²) in [7, 11) is 3.17. The lowest BCUT2D eigenvalue weighted by atomic mass is 10.2. The number of carbonyl (C=O) groups excluding carboxylic acids is 1. The topological polar surface area (TPSA) is 79.3 Å². The van der Waals surface area contributed by atoms with E-state index in [9.17, 15) is 9.59 Å². The molecule has 1 aliphatic heterocycles. The van der Waals surface area contributed by atoms with Crippen molar-refractivity contribution in [3.63, 3.8) is 0 Å². The lowest BCUT2D eigenvalue weighted by Crippen LogP contribution is -2.47. The van der Waals surface area contributed by atoms with E-state index >= 15 is 0 Å². The van der Waals surface area contributed by atoms with Gasteiger partial charge in [0.15, 0.2) is 0 Å². The van der Waals surface area contributed by atoms with Crippen LogP contribution in [0.25, 0.3) is 0 Å². The van der Waals surface area contributed by atoms with E-state index in [1.54, 1.807) is 7.05 Å². The Bertz CT molecular complexity index is 304. The summed E-state index contributed by atoms with van der Waals surface area (Å²) >= 11 is 0. The van der Waals surface area contributed by atoms with Gasteiger partial charge in [-0.25, -0.2) is 4.79 Å². The van der Waals surface area contributed by atoms with Gasteiger partial charge in [0.1, 0.15) is 6.54 Å². The van der Waals surface area contributed by atoms with Crippen LogP contribution in [-0.4, -0.2) is 80.0 Å². The minimum absolute atomic E-state index is 0.0584. The first-order valence-corrected chi connectivity index (χ1v) is 6.37. The average molecular weight is 274 g/mol. The molecule has 7 heteroatoms. The molecule has 7 nitrogen and oxygen atoms in total. The molecule has 0 spiro atoms. The van der Waals surface area contributed by atoms with Crippen molar-refractivity contribution in [3.8, 4) is 0 Å². The Morgan fingerprint density at radius 1 is 1.47 bits per heavy atom. The van der Waals surface area contributed by atoms with E-state index in [4.69, 9.17) is 14.6 Å². The molecule has 1 fully saturated rings. The zero-order chi connectivity index (χ0) is 14.3. The van der Waals surface area contributed by atoms with Gasteiger partial charge in [-0.1, -0.05) is 0 Å². The first kappa shape index (κ1) is 15.7. The predicted molar refractivity (Wildman–Crippen MR) is 68.1 cm³/mol. The monoisotopic (exact) mass is 274 g/mol. The highest BCUT2D eigenvalue weighted by molar-refractivity contribution is 5.80. The lowest BCUT2D eigenvalue weighted by molar-refractivity contribution is -0.137. The molecule has 2 amide bonds. The van der Waals surface area contributed by atoms with Crippen molar-refractivity contribution in [1.82, 2.24) is 9.80 Å². The summed E-state index contributed by atoms with van der Waals surface area (Å²) in [6.45, 7) is 1.47. The molecule has 1 aliphatic rings. The van der Waals surface area contributed by atoms with Gasteiger partial charge in [-0.3, -0.25) is 4.79 Å².